The molecule has 0 spiro atoms. The minimum Gasteiger partial charge on any atom is -0.756 e. The van der Waals surface area contributed by atoms with Gasteiger partial charge in [0.25, 0.3) is 7.82 Å². The lowest BCUT2D eigenvalue weighted by atomic mass is 10.0. The number of unbranched alkanes of at least 4 members (excludes halogenated alkanes) is 24. The zero-order chi connectivity index (χ0) is 51.3. The second kappa shape index (κ2) is 51.3. The number of likely N-dealkylation sites (N-methyl/N-ethyl adjacent to an activating group) is 1. The number of rotatable bonds is 51. The van der Waals surface area contributed by atoms with Crippen molar-refractivity contribution in [2.24, 2.45) is 0 Å². The van der Waals surface area contributed by atoms with Gasteiger partial charge in [-0.15, -0.1) is 0 Å². The highest BCUT2D eigenvalue weighted by atomic mass is 31.2. The van der Waals surface area contributed by atoms with E-state index >= 15 is 0 Å². The van der Waals surface area contributed by atoms with Crippen LogP contribution in [0.25, 0.3) is 0 Å². The molecule has 0 aliphatic rings. The molecule has 2 N–H and O–H groups in total. The smallest absolute Gasteiger partial charge is 0.268 e. The number of carbonyl (C=O) groups excluding carboxylic acids is 1. The standard InChI is InChI=1S/C61H109N2O6P/c1-6-8-10-12-14-16-18-20-22-24-26-27-28-29-30-31-32-33-34-35-37-39-41-43-45-47-49-51-53-55-61(65)62-59(58-69-70(66,67)68-57-56-63(3,4)5)60(64)54-52-50-48-46-44-42-40-38-36-25-23-21-19-17-15-13-11-9-7-2/h8,10,14,16,20,22,26-27,29-30,36,38,44,46,52,54,59-60,64H,6-7,9,11-13,15,17-19,21,23-25,28,31-35,37,39-43,45,47-51,53,55-58H2,1-5H3,(H-,62,65,66,67)/b10-8-,16-14-,22-20-,27-26-,30-29-,38-36+,46-44+,54-52+. The fourth-order valence-corrected chi connectivity index (χ4v) is 8.52. The molecule has 0 aliphatic carbocycles. The molecule has 0 bridgehead atoms. The number of aliphatic hydroxyl groups is 1. The average molecular weight is 998 g/mol. The Morgan fingerprint density at radius 2 is 0.886 bits per heavy atom. The third-order valence-corrected chi connectivity index (χ3v) is 13.2. The van der Waals surface area contributed by atoms with E-state index in [0.29, 0.717) is 17.4 Å². The van der Waals surface area contributed by atoms with Crippen molar-refractivity contribution in [3.8, 4) is 0 Å². The highest BCUT2D eigenvalue weighted by Gasteiger charge is 2.23. The molecule has 0 aromatic carbocycles. The third kappa shape index (κ3) is 53.2. The monoisotopic (exact) mass is 997 g/mol. The molecule has 8 nitrogen and oxygen atoms in total. The molecule has 0 aromatic rings. The first-order valence-electron chi connectivity index (χ1n) is 28.6. The van der Waals surface area contributed by atoms with E-state index in [1.807, 2.05) is 27.2 Å². The Morgan fingerprint density at radius 3 is 1.33 bits per heavy atom. The summed E-state index contributed by atoms with van der Waals surface area (Å²) in [7, 11) is 1.23. The number of phosphoric acid groups is 1. The maximum Gasteiger partial charge on any atom is 0.268 e. The van der Waals surface area contributed by atoms with E-state index in [4.69, 9.17) is 9.05 Å². The molecule has 3 unspecified atom stereocenters. The van der Waals surface area contributed by atoms with Crippen LogP contribution in [0.5, 0.6) is 0 Å². The van der Waals surface area contributed by atoms with Gasteiger partial charge in [-0.05, 0) is 89.9 Å². The predicted molar refractivity (Wildman–Crippen MR) is 302 cm³/mol. The van der Waals surface area contributed by atoms with E-state index in [1.165, 1.54) is 135 Å². The molecule has 0 saturated carbocycles. The minimum absolute atomic E-state index is 0.0131. The van der Waals surface area contributed by atoms with Gasteiger partial charge in [0.15, 0.2) is 0 Å². The number of amides is 1. The van der Waals surface area contributed by atoms with Crippen molar-refractivity contribution < 1.29 is 32.9 Å². The van der Waals surface area contributed by atoms with Gasteiger partial charge >= 0.3 is 0 Å². The number of nitrogens with zero attached hydrogens (tertiary/aromatic N) is 1. The fourth-order valence-electron chi connectivity index (χ4n) is 7.80. The first-order valence-corrected chi connectivity index (χ1v) is 30.1. The van der Waals surface area contributed by atoms with E-state index in [1.54, 1.807) is 6.08 Å². The Morgan fingerprint density at radius 1 is 0.514 bits per heavy atom. The van der Waals surface area contributed by atoms with Crippen LogP contribution in [0.3, 0.4) is 0 Å². The van der Waals surface area contributed by atoms with Crippen LogP contribution in [0.1, 0.15) is 232 Å². The molecule has 0 rings (SSSR count). The molecule has 0 heterocycles. The molecule has 70 heavy (non-hydrogen) atoms. The van der Waals surface area contributed by atoms with Gasteiger partial charge in [0.05, 0.1) is 39.9 Å². The van der Waals surface area contributed by atoms with Gasteiger partial charge in [0, 0.05) is 6.42 Å². The number of aliphatic hydroxyl groups excluding tert-OH is 1. The molecule has 0 radical (unpaired) electrons. The van der Waals surface area contributed by atoms with Crippen LogP contribution in [-0.2, 0) is 18.4 Å². The summed E-state index contributed by atoms with van der Waals surface area (Å²) in [4.78, 5) is 25.5. The molecule has 0 aromatic heterocycles. The van der Waals surface area contributed by atoms with Crippen molar-refractivity contribution in [1.29, 1.82) is 0 Å². The average Bonchev–Trinajstić information content (AvgIpc) is 3.32. The molecule has 404 valence electrons. The molecular formula is C61H109N2O6P. The maximum atomic E-state index is 13.0. The molecule has 9 heteroatoms. The quantitative estimate of drug-likeness (QED) is 0.0272. The zero-order valence-electron chi connectivity index (χ0n) is 45.9. The summed E-state index contributed by atoms with van der Waals surface area (Å²) in [6, 6.07) is -0.916. The van der Waals surface area contributed by atoms with Crippen molar-refractivity contribution in [3.63, 3.8) is 0 Å². The van der Waals surface area contributed by atoms with Crippen molar-refractivity contribution in [2.75, 3.05) is 40.9 Å². The molecule has 0 saturated heterocycles. The Balaban J connectivity index is 4.25. The van der Waals surface area contributed by atoms with Gasteiger partial charge in [0.1, 0.15) is 13.2 Å². The van der Waals surface area contributed by atoms with Gasteiger partial charge in [-0.2, -0.15) is 0 Å². The fraction of sp³-hybridized carbons (Fsp3) is 0.721. The summed E-state index contributed by atoms with van der Waals surface area (Å²) in [6.45, 7) is 4.50. The molecule has 3 atom stereocenters. The Hall–Kier alpha value is -2.58. The van der Waals surface area contributed by atoms with Crippen molar-refractivity contribution in [1.82, 2.24) is 5.32 Å². The summed E-state index contributed by atoms with van der Waals surface area (Å²) in [5, 5.41) is 13.9. The van der Waals surface area contributed by atoms with Gasteiger partial charge < -0.3 is 28.8 Å². The molecule has 1 amide bonds. The second-order valence-corrected chi connectivity index (χ2v) is 21.7. The summed E-state index contributed by atoms with van der Waals surface area (Å²) in [6.07, 6.45) is 73.4. The third-order valence-electron chi connectivity index (χ3n) is 12.3. The zero-order valence-corrected chi connectivity index (χ0v) is 46.8. The van der Waals surface area contributed by atoms with E-state index in [9.17, 15) is 19.4 Å². The van der Waals surface area contributed by atoms with Crippen LogP contribution in [0.15, 0.2) is 97.2 Å². The SMILES string of the molecule is CC/C=C\C/C=C\C/C=C\C/C=C\C/C=C\CCCCCCCCCCCCCCCC(=O)NC(COP(=O)([O-])OCC[N+](C)(C)C)C(O)/C=C/CC/C=C/CC/C=C/CCCCCCCCCCC. The Kier molecular flexibility index (Phi) is 49.4. The van der Waals surface area contributed by atoms with Crippen LogP contribution in [0.2, 0.25) is 0 Å². The molecule has 0 aliphatic heterocycles. The number of allylic oxidation sites excluding steroid dienone is 15. The van der Waals surface area contributed by atoms with Crippen LogP contribution >= 0.6 is 7.82 Å². The first kappa shape index (κ1) is 67.4. The van der Waals surface area contributed by atoms with Crippen LogP contribution < -0.4 is 10.2 Å². The summed E-state index contributed by atoms with van der Waals surface area (Å²) in [5.41, 5.74) is 0. The number of phosphoric ester groups is 1. The predicted octanol–water partition coefficient (Wildman–Crippen LogP) is 16.8. The normalized spacial score (nSPS) is 14.7. The maximum absolute atomic E-state index is 13.0. The van der Waals surface area contributed by atoms with E-state index in [0.717, 1.165) is 77.0 Å². The Bertz CT molecular complexity index is 1460. The van der Waals surface area contributed by atoms with Crippen molar-refractivity contribution in [2.45, 2.75) is 244 Å². The lowest BCUT2D eigenvalue weighted by Crippen LogP contribution is -2.45. The highest BCUT2D eigenvalue weighted by molar-refractivity contribution is 7.45. The molecule has 0 fully saturated rings. The van der Waals surface area contributed by atoms with Crippen LogP contribution in [-0.4, -0.2) is 68.5 Å². The number of hydrogen-bond acceptors (Lipinski definition) is 6. The topological polar surface area (TPSA) is 108 Å². The number of quaternary nitrogens is 1. The summed E-state index contributed by atoms with van der Waals surface area (Å²) >= 11 is 0. The first-order chi connectivity index (χ1) is 34.0. The van der Waals surface area contributed by atoms with Gasteiger partial charge in [-0.1, -0.05) is 233 Å². The number of hydrogen-bond donors (Lipinski definition) is 2. The van der Waals surface area contributed by atoms with E-state index in [-0.39, 0.29) is 12.5 Å². The highest BCUT2D eigenvalue weighted by Crippen LogP contribution is 2.38. The number of carbonyl (C=O) groups is 1. The van der Waals surface area contributed by atoms with Crippen molar-refractivity contribution >= 4 is 13.7 Å². The molecular weight excluding hydrogens is 888 g/mol. The Labute approximate surface area is 432 Å². The van der Waals surface area contributed by atoms with Crippen LogP contribution in [0.4, 0.5) is 0 Å². The number of nitrogens with one attached hydrogen (secondary N) is 1. The lowest BCUT2D eigenvalue weighted by molar-refractivity contribution is -0.870. The van der Waals surface area contributed by atoms with Gasteiger partial charge in [0.2, 0.25) is 5.91 Å². The van der Waals surface area contributed by atoms with Gasteiger partial charge in [-0.25, -0.2) is 0 Å². The van der Waals surface area contributed by atoms with Crippen LogP contribution in [0, 0.1) is 0 Å². The minimum atomic E-state index is -4.61. The summed E-state index contributed by atoms with van der Waals surface area (Å²) < 4.78 is 23.3. The van der Waals surface area contributed by atoms with E-state index in [2.05, 4.69) is 104 Å². The van der Waals surface area contributed by atoms with Crippen molar-refractivity contribution in [3.05, 3.63) is 97.2 Å². The van der Waals surface area contributed by atoms with E-state index < -0.39 is 26.6 Å². The summed E-state index contributed by atoms with van der Waals surface area (Å²) in [5.74, 6) is -0.216. The lowest BCUT2D eigenvalue weighted by Gasteiger charge is -2.29. The largest absolute Gasteiger partial charge is 0.756 e. The van der Waals surface area contributed by atoms with Gasteiger partial charge in [-0.3, -0.25) is 9.36 Å². The second-order valence-electron chi connectivity index (χ2n) is 20.2.